The molecule has 0 aromatic rings. The Hall–Kier alpha value is -1.11. The number of ether oxygens (including phenoxy) is 8. The number of nitrogens with two attached hydrogens (primary N) is 1. The Morgan fingerprint density at radius 3 is 1.10 bits per heavy atom. The van der Waals surface area contributed by atoms with Crippen molar-refractivity contribution in [2.75, 3.05) is 106 Å². The second kappa shape index (κ2) is 24.9. The van der Waals surface area contributed by atoms with Gasteiger partial charge in [-0.3, -0.25) is 0 Å². The highest BCUT2D eigenvalue weighted by molar-refractivity contribution is 5.81. The minimum Gasteiger partial charge on any atom is -0.460 e. The minimum atomic E-state index is -0.454. The standard InChI is InChI=1S/C19H37NO9/c1-2-19(21)29-18-17-28-16-15-27-14-13-26-12-11-25-10-9-24-8-7-23-6-5-22-4-3-20/h2H,1,3-18,20H2. The van der Waals surface area contributed by atoms with E-state index in [0.717, 1.165) is 6.08 Å². The smallest absolute Gasteiger partial charge is 0.330 e. The maximum absolute atomic E-state index is 10.8. The number of rotatable bonds is 24. The number of hydrogen-bond acceptors (Lipinski definition) is 10. The van der Waals surface area contributed by atoms with Crippen LogP contribution in [0.15, 0.2) is 12.7 Å². The maximum atomic E-state index is 10.8. The topological polar surface area (TPSA) is 117 Å². The Labute approximate surface area is 173 Å². The van der Waals surface area contributed by atoms with Gasteiger partial charge in [0.1, 0.15) is 6.61 Å². The summed E-state index contributed by atoms with van der Waals surface area (Å²) in [6.45, 7) is 11.0. The van der Waals surface area contributed by atoms with E-state index in [2.05, 4.69) is 6.58 Å². The van der Waals surface area contributed by atoms with Gasteiger partial charge in [-0.25, -0.2) is 4.79 Å². The number of carbonyl (C=O) groups is 1. The van der Waals surface area contributed by atoms with E-state index in [0.29, 0.717) is 99.0 Å². The molecule has 0 amide bonds. The van der Waals surface area contributed by atoms with Gasteiger partial charge < -0.3 is 43.6 Å². The van der Waals surface area contributed by atoms with Crippen molar-refractivity contribution < 1.29 is 42.7 Å². The fourth-order valence-electron chi connectivity index (χ4n) is 1.76. The van der Waals surface area contributed by atoms with Crippen LogP contribution in [0.25, 0.3) is 0 Å². The first kappa shape index (κ1) is 27.9. The van der Waals surface area contributed by atoms with Gasteiger partial charge in [0.2, 0.25) is 0 Å². The molecule has 0 aliphatic rings. The fraction of sp³-hybridized carbons (Fsp3) is 0.842. The van der Waals surface area contributed by atoms with Gasteiger partial charge in [0.15, 0.2) is 0 Å². The molecule has 0 heterocycles. The third kappa shape index (κ3) is 24.9. The molecule has 0 atom stereocenters. The summed E-state index contributed by atoms with van der Waals surface area (Å²) in [6.07, 6.45) is 1.11. The summed E-state index contributed by atoms with van der Waals surface area (Å²) in [6, 6.07) is 0. The monoisotopic (exact) mass is 423 g/mol. The van der Waals surface area contributed by atoms with Crippen molar-refractivity contribution in [1.82, 2.24) is 0 Å². The molecule has 29 heavy (non-hydrogen) atoms. The SMILES string of the molecule is C=CC(=O)OCCOCCOCCOCCOCCOCCOCCOCCN. The van der Waals surface area contributed by atoms with E-state index in [1.807, 2.05) is 0 Å². The van der Waals surface area contributed by atoms with Crippen LogP contribution in [0.4, 0.5) is 0 Å². The van der Waals surface area contributed by atoms with Crippen LogP contribution in [0.5, 0.6) is 0 Å². The molecule has 0 radical (unpaired) electrons. The van der Waals surface area contributed by atoms with Crippen LogP contribution in [0.2, 0.25) is 0 Å². The predicted octanol–water partition coefficient (Wildman–Crippen LogP) is -0.209. The minimum absolute atomic E-state index is 0.206. The Morgan fingerprint density at radius 2 is 0.828 bits per heavy atom. The zero-order chi connectivity index (χ0) is 21.3. The van der Waals surface area contributed by atoms with Crippen LogP contribution < -0.4 is 5.73 Å². The molecule has 0 saturated heterocycles. The van der Waals surface area contributed by atoms with Gasteiger partial charge in [-0.15, -0.1) is 0 Å². The Kier molecular flexibility index (Phi) is 24.0. The van der Waals surface area contributed by atoms with Gasteiger partial charge in [0, 0.05) is 12.6 Å². The highest BCUT2D eigenvalue weighted by Gasteiger charge is 1.96. The molecule has 0 unspecified atom stereocenters. The normalized spacial score (nSPS) is 10.9. The quantitative estimate of drug-likeness (QED) is 0.127. The van der Waals surface area contributed by atoms with Crippen molar-refractivity contribution in [3.63, 3.8) is 0 Å². The molecule has 0 aromatic heterocycles. The third-order valence-electron chi connectivity index (χ3n) is 3.13. The molecular weight excluding hydrogens is 386 g/mol. The van der Waals surface area contributed by atoms with E-state index in [4.69, 9.17) is 43.6 Å². The molecule has 0 aliphatic heterocycles. The lowest BCUT2D eigenvalue weighted by Crippen LogP contribution is -2.15. The van der Waals surface area contributed by atoms with Crippen LogP contribution in [0.3, 0.4) is 0 Å². The van der Waals surface area contributed by atoms with Crippen LogP contribution in [-0.2, 0) is 42.7 Å². The van der Waals surface area contributed by atoms with Crippen molar-refractivity contribution in [3.05, 3.63) is 12.7 Å². The molecule has 0 spiro atoms. The maximum Gasteiger partial charge on any atom is 0.330 e. The van der Waals surface area contributed by atoms with Crippen LogP contribution >= 0.6 is 0 Å². The van der Waals surface area contributed by atoms with E-state index in [9.17, 15) is 4.79 Å². The highest BCUT2D eigenvalue weighted by Crippen LogP contribution is 1.86. The van der Waals surface area contributed by atoms with E-state index >= 15 is 0 Å². The number of esters is 1. The Bertz CT molecular complexity index is 359. The summed E-state index contributed by atoms with van der Waals surface area (Å²) in [5.74, 6) is -0.454. The molecule has 0 fully saturated rings. The molecule has 2 N–H and O–H groups in total. The van der Waals surface area contributed by atoms with Crippen LogP contribution in [0.1, 0.15) is 0 Å². The third-order valence-corrected chi connectivity index (χ3v) is 3.13. The van der Waals surface area contributed by atoms with Gasteiger partial charge >= 0.3 is 5.97 Å². The van der Waals surface area contributed by atoms with Crippen molar-refractivity contribution >= 4 is 5.97 Å². The molecule has 0 aromatic carbocycles. The van der Waals surface area contributed by atoms with E-state index in [1.165, 1.54) is 0 Å². The Balaban J connectivity index is 3.01. The summed E-state index contributed by atoms with van der Waals surface area (Å²) >= 11 is 0. The average Bonchev–Trinajstić information content (AvgIpc) is 2.74. The molecule has 0 bridgehead atoms. The van der Waals surface area contributed by atoms with Crippen molar-refractivity contribution in [2.45, 2.75) is 0 Å². The van der Waals surface area contributed by atoms with Crippen molar-refractivity contribution in [1.29, 1.82) is 0 Å². The summed E-state index contributed by atoms with van der Waals surface area (Å²) in [7, 11) is 0. The van der Waals surface area contributed by atoms with Crippen molar-refractivity contribution in [3.8, 4) is 0 Å². The van der Waals surface area contributed by atoms with Gasteiger partial charge in [-0.05, 0) is 0 Å². The first-order valence-corrected chi connectivity index (χ1v) is 9.84. The van der Waals surface area contributed by atoms with E-state index in [-0.39, 0.29) is 6.61 Å². The highest BCUT2D eigenvalue weighted by atomic mass is 16.6. The summed E-state index contributed by atoms with van der Waals surface area (Å²) in [4.78, 5) is 10.8. The second-order valence-corrected chi connectivity index (χ2v) is 5.45. The summed E-state index contributed by atoms with van der Waals surface area (Å²) in [5.41, 5.74) is 5.30. The van der Waals surface area contributed by atoms with Crippen LogP contribution in [-0.4, -0.2) is 112 Å². The van der Waals surface area contributed by atoms with Gasteiger partial charge in [0.25, 0.3) is 0 Å². The molecule has 0 aliphatic carbocycles. The van der Waals surface area contributed by atoms with E-state index in [1.54, 1.807) is 0 Å². The largest absolute Gasteiger partial charge is 0.460 e. The molecule has 172 valence electrons. The first-order chi connectivity index (χ1) is 14.3. The molecule has 10 heteroatoms. The lowest BCUT2D eigenvalue weighted by Gasteiger charge is -2.08. The molecule has 0 rings (SSSR count). The average molecular weight is 424 g/mol. The van der Waals surface area contributed by atoms with E-state index < -0.39 is 5.97 Å². The number of carbonyl (C=O) groups excluding carboxylic acids is 1. The molecular formula is C19H37NO9. The fourth-order valence-corrected chi connectivity index (χ4v) is 1.76. The van der Waals surface area contributed by atoms with Crippen molar-refractivity contribution in [2.24, 2.45) is 5.73 Å². The lowest BCUT2D eigenvalue weighted by molar-refractivity contribution is -0.139. The zero-order valence-corrected chi connectivity index (χ0v) is 17.3. The molecule has 10 nitrogen and oxygen atoms in total. The zero-order valence-electron chi connectivity index (χ0n) is 17.3. The second-order valence-electron chi connectivity index (χ2n) is 5.45. The lowest BCUT2D eigenvalue weighted by atomic mass is 10.6. The summed E-state index contributed by atoms with van der Waals surface area (Å²) in [5, 5.41) is 0. The van der Waals surface area contributed by atoms with Crippen LogP contribution in [0, 0.1) is 0 Å². The predicted molar refractivity (Wildman–Crippen MR) is 106 cm³/mol. The van der Waals surface area contributed by atoms with Gasteiger partial charge in [-0.2, -0.15) is 0 Å². The Morgan fingerprint density at radius 1 is 0.552 bits per heavy atom. The summed E-state index contributed by atoms with van der Waals surface area (Å²) < 4.78 is 42.0. The number of hydrogen-bond donors (Lipinski definition) is 1. The van der Waals surface area contributed by atoms with Gasteiger partial charge in [0.05, 0.1) is 92.5 Å². The van der Waals surface area contributed by atoms with Gasteiger partial charge in [-0.1, -0.05) is 6.58 Å². The first-order valence-electron chi connectivity index (χ1n) is 9.84. The molecule has 0 saturated carbocycles.